The van der Waals surface area contributed by atoms with Gasteiger partial charge in [-0.25, -0.2) is 18.4 Å². The number of anilines is 2. The van der Waals surface area contributed by atoms with Gasteiger partial charge in [0.1, 0.15) is 18.0 Å². The van der Waals surface area contributed by atoms with Crippen LogP contribution in [0.25, 0.3) is 0 Å². The fourth-order valence-electron chi connectivity index (χ4n) is 2.45. The molecule has 0 aliphatic carbocycles. The molecule has 2 rings (SSSR count). The van der Waals surface area contributed by atoms with Crippen LogP contribution in [-0.4, -0.2) is 42.5 Å². The van der Waals surface area contributed by atoms with Crippen LogP contribution in [0.5, 0.6) is 0 Å². The summed E-state index contributed by atoms with van der Waals surface area (Å²) >= 11 is 0. The van der Waals surface area contributed by atoms with E-state index in [2.05, 4.69) is 27.5 Å². The lowest BCUT2D eigenvalue weighted by molar-refractivity contribution is 0.602. The summed E-state index contributed by atoms with van der Waals surface area (Å²) in [4.78, 5) is 8.56. The molecule has 1 aromatic rings. The van der Waals surface area contributed by atoms with E-state index in [-0.39, 0.29) is 17.5 Å². The first-order valence-corrected chi connectivity index (χ1v) is 8.92. The van der Waals surface area contributed by atoms with E-state index in [1.54, 1.807) is 0 Å². The van der Waals surface area contributed by atoms with Gasteiger partial charge in [-0.2, -0.15) is 0 Å². The molecule has 1 aliphatic rings. The number of nitrogens with zero attached hydrogens (tertiary/aromatic N) is 2. The van der Waals surface area contributed by atoms with Crippen LogP contribution in [0.2, 0.25) is 0 Å². The average molecular weight is 298 g/mol. The molecule has 0 spiro atoms. The van der Waals surface area contributed by atoms with Crippen molar-refractivity contribution in [1.29, 1.82) is 0 Å². The Labute approximate surface area is 120 Å². The first-order chi connectivity index (χ1) is 9.55. The number of hydrogen-bond acceptors (Lipinski definition) is 6. The zero-order chi connectivity index (χ0) is 14.6. The topological polar surface area (TPSA) is 84.0 Å². The Morgan fingerprint density at radius 2 is 2.05 bits per heavy atom. The number of sulfone groups is 1. The molecule has 1 aliphatic heterocycles. The van der Waals surface area contributed by atoms with Crippen LogP contribution in [0.15, 0.2) is 6.33 Å². The molecule has 0 bridgehead atoms. The summed E-state index contributed by atoms with van der Waals surface area (Å²) in [6.07, 6.45) is 4.02. The highest BCUT2D eigenvalue weighted by Crippen LogP contribution is 2.24. The number of hydrogen-bond donors (Lipinski definition) is 2. The van der Waals surface area contributed by atoms with Crippen molar-refractivity contribution in [1.82, 2.24) is 9.97 Å². The van der Waals surface area contributed by atoms with E-state index in [4.69, 9.17) is 0 Å². The van der Waals surface area contributed by atoms with Crippen LogP contribution < -0.4 is 10.6 Å². The molecule has 2 N–H and O–H groups in total. The number of rotatable bonds is 6. The summed E-state index contributed by atoms with van der Waals surface area (Å²) in [6.45, 7) is 4.92. The van der Waals surface area contributed by atoms with E-state index < -0.39 is 9.84 Å². The molecule has 1 atom stereocenters. The van der Waals surface area contributed by atoms with Gasteiger partial charge >= 0.3 is 0 Å². The number of nitrogens with one attached hydrogen (secondary N) is 2. The van der Waals surface area contributed by atoms with Crippen molar-refractivity contribution >= 4 is 21.5 Å². The highest BCUT2D eigenvalue weighted by atomic mass is 32.2. The van der Waals surface area contributed by atoms with Crippen molar-refractivity contribution in [2.45, 2.75) is 39.2 Å². The van der Waals surface area contributed by atoms with Crippen LogP contribution >= 0.6 is 0 Å². The Kier molecular flexibility index (Phi) is 4.80. The first kappa shape index (κ1) is 15.0. The fraction of sp³-hybridized carbons (Fsp3) is 0.692. The minimum absolute atomic E-state index is 0.0417. The minimum Gasteiger partial charge on any atom is -0.370 e. The van der Waals surface area contributed by atoms with Gasteiger partial charge in [0.15, 0.2) is 9.84 Å². The van der Waals surface area contributed by atoms with Gasteiger partial charge < -0.3 is 10.6 Å². The molecule has 112 valence electrons. The molecular formula is C13H22N4O2S. The first-order valence-electron chi connectivity index (χ1n) is 7.10. The molecule has 1 fully saturated rings. The zero-order valence-corrected chi connectivity index (χ0v) is 12.8. The third-order valence-electron chi connectivity index (χ3n) is 3.36. The molecule has 6 nitrogen and oxygen atoms in total. The van der Waals surface area contributed by atoms with Gasteiger partial charge in [0, 0.05) is 18.2 Å². The molecule has 1 saturated heterocycles. The van der Waals surface area contributed by atoms with Crippen molar-refractivity contribution in [2.24, 2.45) is 0 Å². The molecule has 1 aromatic heterocycles. The van der Waals surface area contributed by atoms with Gasteiger partial charge in [-0.05, 0) is 19.8 Å². The van der Waals surface area contributed by atoms with Crippen LogP contribution in [0, 0.1) is 0 Å². The van der Waals surface area contributed by atoms with Crippen molar-refractivity contribution < 1.29 is 8.42 Å². The maximum atomic E-state index is 11.5. The lowest BCUT2D eigenvalue weighted by Gasteiger charge is -2.17. The van der Waals surface area contributed by atoms with Crippen LogP contribution in [-0.2, 0) is 16.3 Å². The third kappa shape index (κ3) is 3.59. The molecule has 7 heteroatoms. The van der Waals surface area contributed by atoms with Gasteiger partial charge in [0.2, 0.25) is 0 Å². The van der Waals surface area contributed by atoms with Crippen LogP contribution in [0.1, 0.15) is 32.3 Å². The lowest BCUT2D eigenvalue weighted by atomic mass is 10.1. The van der Waals surface area contributed by atoms with Gasteiger partial charge in [-0.15, -0.1) is 0 Å². The average Bonchev–Trinajstić information content (AvgIpc) is 2.73. The Balaban J connectivity index is 2.20. The summed E-state index contributed by atoms with van der Waals surface area (Å²) in [5.74, 6) is 2.06. The Hall–Kier alpha value is -1.37. The molecule has 20 heavy (non-hydrogen) atoms. The van der Waals surface area contributed by atoms with E-state index in [9.17, 15) is 8.42 Å². The van der Waals surface area contributed by atoms with Crippen molar-refractivity contribution in [3.63, 3.8) is 0 Å². The monoisotopic (exact) mass is 298 g/mol. The number of aromatic nitrogens is 2. The van der Waals surface area contributed by atoms with Gasteiger partial charge in [0.25, 0.3) is 0 Å². The van der Waals surface area contributed by atoms with E-state index in [1.807, 2.05) is 6.92 Å². The maximum absolute atomic E-state index is 11.5. The van der Waals surface area contributed by atoms with E-state index in [1.165, 1.54) is 6.33 Å². The second kappa shape index (κ2) is 6.39. The van der Waals surface area contributed by atoms with E-state index in [0.717, 1.165) is 36.6 Å². The summed E-state index contributed by atoms with van der Waals surface area (Å²) in [6, 6.07) is -0.0417. The highest BCUT2D eigenvalue weighted by Gasteiger charge is 2.28. The molecule has 0 saturated carbocycles. The quantitative estimate of drug-likeness (QED) is 0.827. The van der Waals surface area contributed by atoms with Crippen molar-refractivity contribution in [3.05, 3.63) is 11.9 Å². The molecule has 0 radical (unpaired) electrons. The Morgan fingerprint density at radius 1 is 1.30 bits per heavy atom. The molecular weight excluding hydrogens is 276 g/mol. The lowest BCUT2D eigenvalue weighted by Crippen LogP contribution is -2.22. The molecule has 0 aromatic carbocycles. The maximum Gasteiger partial charge on any atom is 0.152 e. The summed E-state index contributed by atoms with van der Waals surface area (Å²) < 4.78 is 23.1. The summed E-state index contributed by atoms with van der Waals surface area (Å²) in [5.41, 5.74) is 1.04. The molecule has 0 amide bonds. The van der Waals surface area contributed by atoms with Gasteiger partial charge in [-0.1, -0.05) is 13.3 Å². The predicted molar refractivity (Wildman–Crippen MR) is 80.9 cm³/mol. The van der Waals surface area contributed by atoms with Crippen LogP contribution in [0.4, 0.5) is 11.6 Å². The smallest absolute Gasteiger partial charge is 0.152 e. The highest BCUT2D eigenvalue weighted by molar-refractivity contribution is 7.91. The summed E-state index contributed by atoms with van der Waals surface area (Å²) in [5, 5.41) is 6.51. The Morgan fingerprint density at radius 3 is 2.65 bits per heavy atom. The van der Waals surface area contributed by atoms with Crippen molar-refractivity contribution in [2.75, 3.05) is 28.7 Å². The third-order valence-corrected chi connectivity index (χ3v) is 5.13. The second-order valence-electron chi connectivity index (χ2n) is 5.07. The van der Waals surface area contributed by atoms with Crippen molar-refractivity contribution in [3.8, 4) is 0 Å². The summed E-state index contributed by atoms with van der Waals surface area (Å²) in [7, 11) is -2.88. The Bertz CT molecular complexity index is 559. The largest absolute Gasteiger partial charge is 0.370 e. The predicted octanol–water partition coefficient (Wildman–Crippen LogP) is 1.46. The van der Waals surface area contributed by atoms with E-state index >= 15 is 0 Å². The van der Waals surface area contributed by atoms with Gasteiger partial charge in [-0.3, -0.25) is 0 Å². The second-order valence-corrected chi connectivity index (χ2v) is 7.30. The SMILES string of the molecule is CCCc1c(NCC)ncnc1NC1CCS(=O)(=O)C1. The van der Waals surface area contributed by atoms with Gasteiger partial charge in [0.05, 0.1) is 11.5 Å². The normalized spacial score (nSPS) is 20.8. The standard InChI is InChI=1S/C13H22N4O2S/c1-3-5-11-12(14-4-2)15-9-16-13(11)17-10-6-7-20(18,19)8-10/h9-10H,3-8H2,1-2H3,(H2,14,15,16,17). The minimum atomic E-state index is -2.88. The van der Waals surface area contributed by atoms with Crippen LogP contribution in [0.3, 0.4) is 0 Å². The zero-order valence-electron chi connectivity index (χ0n) is 12.0. The molecule has 1 unspecified atom stereocenters. The van der Waals surface area contributed by atoms with E-state index in [0.29, 0.717) is 6.42 Å². The fourth-order valence-corrected chi connectivity index (χ4v) is 4.12. The molecule has 2 heterocycles.